The van der Waals surface area contributed by atoms with E-state index in [1.54, 1.807) is 12.1 Å². The van der Waals surface area contributed by atoms with E-state index >= 15 is 0 Å². The highest BCUT2D eigenvalue weighted by molar-refractivity contribution is 5.97. The van der Waals surface area contributed by atoms with Crippen molar-refractivity contribution < 1.29 is 9.18 Å². The second kappa shape index (κ2) is 7.80. The molecule has 0 aliphatic carbocycles. The van der Waals surface area contributed by atoms with E-state index in [1.165, 1.54) is 12.1 Å². The van der Waals surface area contributed by atoms with E-state index in [-0.39, 0.29) is 23.6 Å². The molecule has 2 aromatic rings. The zero-order valence-corrected chi connectivity index (χ0v) is 16.9. The SMILES string of the molecule is CC(C)c1nn(-c2ccc(F)cc2)c(C(C)C)c1C(=O)N1CCN(C)CC1. The van der Waals surface area contributed by atoms with Gasteiger partial charge < -0.3 is 9.80 Å². The summed E-state index contributed by atoms with van der Waals surface area (Å²) in [4.78, 5) is 17.6. The molecule has 3 rings (SSSR count). The third-order valence-electron chi connectivity index (χ3n) is 5.12. The van der Waals surface area contributed by atoms with Crippen molar-refractivity contribution >= 4 is 5.91 Å². The van der Waals surface area contributed by atoms with Crippen LogP contribution in [0.1, 0.15) is 61.3 Å². The molecule has 1 aliphatic heterocycles. The van der Waals surface area contributed by atoms with Gasteiger partial charge in [-0.3, -0.25) is 4.79 Å². The lowest BCUT2D eigenvalue weighted by molar-refractivity contribution is 0.0661. The molecule has 5 nitrogen and oxygen atoms in total. The highest BCUT2D eigenvalue weighted by atomic mass is 19.1. The number of rotatable bonds is 4. The Kier molecular flexibility index (Phi) is 5.65. The Hall–Kier alpha value is -2.21. The zero-order valence-electron chi connectivity index (χ0n) is 16.9. The monoisotopic (exact) mass is 372 g/mol. The minimum absolute atomic E-state index is 0.0591. The molecule has 0 saturated carbocycles. The Morgan fingerprint density at radius 1 is 1.00 bits per heavy atom. The van der Waals surface area contributed by atoms with Crippen LogP contribution in [0.25, 0.3) is 5.69 Å². The lowest BCUT2D eigenvalue weighted by atomic mass is 9.97. The van der Waals surface area contributed by atoms with Gasteiger partial charge in [0.25, 0.3) is 5.91 Å². The van der Waals surface area contributed by atoms with E-state index < -0.39 is 0 Å². The summed E-state index contributed by atoms with van der Waals surface area (Å²) in [6, 6.07) is 6.28. The van der Waals surface area contributed by atoms with Gasteiger partial charge in [0.05, 0.1) is 22.6 Å². The molecule has 6 heteroatoms. The molecule has 1 aromatic carbocycles. The molecule has 27 heavy (non-hydrogen) atoms. The maximum Gasteiger partial charge on any atom is 0.257 e. The quantitative estimate of drug-likeness (QED) is 0.823. The first kappa shape index (κ1) is 19.5. The van der Waals surface area contributed by atoms with Crippen LogP contribution in [-0.2, 0) is 0 Å². The Morgan fingerprint density at radius 3 is 2.11 bits per heavy atom. The van der Waals surface area contributed by atoms with Gasteiger partial charge in [0, 0.05) is 26.2 Å². The number of benzene rings is 1. The van der Waals surface area contributed by atoms with Gasteiger partial charge in [-0.25, -0.2) is 9.07 Å². The van der Waals surface area contributed by atoms with Gasteiger partial charge in [0.1, 0.15) is 5.82 Å². The molecule has 1 aromatic heterocycles. The fourth-order valence-corrected chi connectivity index (χ4v) is 3.55. The standard InChI is InChI=1S/C21H29FN4O/c1-14(2)19-18(21(27)25-12-10-24(5)11-13-25)20(15(3)4)26(23-19)17-8-6-16(22)7-9-17/h6-9,14-15H,10-13H2,1-5H3. The molecular weight excluding hydrogens is 343 g/mol. The number of carbonyl (C=O) groups excluding carboxylic acids is 1. The molecule has 1 saturated heterocycles. The smallest absolute Gasteiger partial charge is 0.257 e. The maximum atomic E-state index is 13.4. The Balaban J connectivity index is 2.11. The molecule has 146 valence electrons. The number of likely N-dealkylation sites (N-methyl/N-ethyl adjacent to an activating group) is 1. The summed E-state index contributed by atoms with van der Waals surface area (Å²) in [6.45, 7) is 11.5. The van der Waals surface area contributed by atoms with Gasteiger partial charge in [-0.05, 0) is 43.1 Å². The molecular formula is C21H29FN4O. The average Bonchev–Trinajstić information content (AvgIpc) is 3.03. The van der Waals surface area contributed by atoms with Crippen molar-refractivity contribution in [1.29, 1.82) is 0 Å². The molecule has 0 radical (unpaired) electrons. The molecule has 0 N–H and O–H groups in total. The van der Waals surface area contributed by atoms with Crippen LogP contribution >= 0.6 is 0 Å². The van der Waals surface area contributed by atoms with E-state index in [1.807, 2.05) is 9.58 Å². The van der Waals surface area contributed by atoms with Crippen molar-refractivity contribution in [1.82, 2.24) is 19.6 Å². The van der Waals surface area contributed by atoms with Crippen molar-refractivity contribution in [3.63, 3.8) is 0 Å². The van der Waals surface area contributed by atoms with Crippen LogP contribution in [0.2, 0.25) is 0 Å². The predicted octanol–water partition coefficient (Wildman–Crippen LogP) is 3.65. The second-order valence-corrected chi connectivity index (χ2v) is 7.94. The van der Waals surface area contributed by atoms with Crippen molar-refractivity contribution in [2.75, 3.05) is 33.2 Å². The number of nitrogens with zero attached hydrogens (tertiary/aromatic N) is 4. The van der Waals surface area contributed by atoms with E-state index in [0.717, 1.165) is 43.3 Å². The first-order chi connectivity index (χ1) is 12.8. The van der Waals surface area contributed by atoms with Crippen LogP contribution in [-0.4, -0.2) is 58.7 Å². The van der Waals surface area contributed by atoms with Crippen LogP contribution in [0, 0.1) is 5.82 Å². The molecule has 1 amide bonds. The fraction of sp³-hybridized carbons (Fsp3) is 0.524. The van der Waals surface area contributed by atoms with Crippen molar-refractivity contribution in [3.05, 3.63) is 47.0 Å². The van der Waals surface area contributed by atoms with E-state index in [9.17, 15) is 9.18 Å². The zero-order chi connectivity index (χ0) is 19.7. The lowest BCUT2D eigenvalue weighted by Crippen LogP contribution is -2.47. The van der Waals surface area contributed by atoms with Crippen LogP contribution in [0.5, 0.6) is 0 Å². The number of hydrogen-bond donors (Lipinski definition) is 0. The average molecular weight is 372 g/mol. The van der Waals surface area contributed by atoms with E-state index in [0.29, 0.717) is 5.56 Å². The summed E-state index contributed by atoms with van der Waals surface area (Å²) < 4.78 is 15.2. The summed E-state index contributed by atoms with van der Waals surface area (Å²) in [5.74, 6) is 0.00997. The summed E-state index contributed by atoms with van der Waals surface area (Å²) >= 11 is 0. The predicted molar refractivity (Wildman–Crippen MR) is 105 cm³/mol. The molecule has 1 fully saturated rings. The summed E-state index contributed by atoms with van der Waals surface area (Å²) in [6.07, 6.45) is 0. The molecule has 0 atom stereocenters. The second-order valence-electron chi connectivity index (χ2n) is 7.94. The van der Waals surface area contributed by atoms with Gasteiger partial charge in [-0.2, -0.15) is 5.10 Å². The number of piperazine rings is 1. The van der Waals surface area contributed by atoms with E-state index in [4.69, 9.17) is 5.10 Å². The largest absolute Gasteiger partial charge is 0.336 e. The molecule has 2 heterocycles. The Morgan fingerprint density at radius 2 is 1.59 bits per heavy atom. The van der Waals surface area contributed by atoms with Gasteiger partial charge in [-0.15, -0.1) is 0 Å². The van der Waals surface area contributed by atoms with E-state index in [2.05, 4.69) is 39.6 Å². The first-order valence-electron chi connectivity index (χ1n) is 9.66. The van der Waals surface area contributed by atoms with Crippen molar-refractivity contribution in [2.24, 2.45) is 0 Å². The van der Waals surface area contributed by atoms with Gasteiger partial charge in [-0.1, -0.05) is 27.7 Å². The lowest BCUT2D eigenvalue weighted by Gasteiger charge is -2.33. The summed E-state index contributed by atoms with van der Waals surface area (Å²) in [5, 5.41) is 4.80. The number of hydrogen-bond acceptors (Lipinski definition) is 3. The molecule has 1 aliphatic rings. The van der Waals surface area contributed by atoms with Crippen molar-refractivity contribution in [2.45, 2.75) is 39.5 Å². The Labute approximate surface area is 160 Å². The molecule has 0 unspecified atom stereocenters. The number of aromatic nitrogens is 2. The topological polar surface area (TPSA) is 41.4 Å². The van der Waals surface area contributed by atoms with Crippen LogP contribution < -0.4 is 0 Å². The van der Waals surface area contributed by atoms with Crippen LogP contribution in [0.15, 0.2) is 24.3 Å². The van der Waals surface area contributed by atoms with Gasteiger partial charge in [0.2, 0.25) is 0 Å². The third kappa shape index (κ3) is 3.90. The highest BCUT2D eigenvalue weighted by Gasteiger charge is 2.31. The first-order valence-corrected chi connectivity index (χ1v) is 9.66. The molecule has 0 bridgehead atoms. The Bertz CT molecular complexity index is 802. The fourth-order valence-electron chi connectivity index (χ4n) is 3.55. The maximum absolute atomic E-state index is 13.4. The minimum Gasteiger partial charge on any atom is -0.336 e. The number of halogens is 1. The normalized spacial score (nSPS) is 15.8. The highest BCUT2D eigenvalue weighted by Crippen LogP contribution is 2.31. The summed E-state index contributed by atoms with van der Waals surface area (Å²) in [7, 11) is 2.08. The third-order valence-corrected chi connectivity index (χ3v) is 5.12. The minimum atomic E-state index is -0.283. The number of amides is 1. The van der Waals surface area contributed by atoms with Gasteiger partial charge >= 0.3 is 0 Å². The van der Waals surface area contributed by atoms with Crippen molar-refractivity contribution in [3.8, 4) is 5.69 Å². The summed E-state index contributed by atoms with van der Waals surface area (Å²) in [5.41, 5.74) is 3.20. The van der Waals surface area contributed by atoms with Gasteiger partial charge in [0.15, 0.2) is 0 Å². The molecule has 0 spiro atoms. The van der Waals surface area contributed by atoms with Crippen LogP contribution in [0.3, 0.4) is 0 Å². The van der Waals surface area contributed by atoms with Crippen LogP contribution in [0.4, 0.5) is 4.39 Å². The number of carbonyl (C=O) groups is 1.